The van der Waals surface area contributed by atoms with Crippen LogP contribution in [0.25, 0.3) is 0 Å². The van der Waals surface area contributed by atoms with Gasteiger partial charge in [-0.25, -0.2) is 0 Å². The smallest absolute Gasteiger partial charge is 0.317 e. The van der Waals surface area contributed by atoms with Crippen molar-refractivity contribution in [3.8, 4) is 0 Å². The Morgan fingerprint density at radius 3 is 1.89 bits per heavy atom. The first-order chi connectivity index (χ1) is 40.8. The van der Waals surface area contributed by atoms with Gasteiger partial charge in [0.25, 0.3) is 0 Å². The predicted octanol–water partition coefficient (Wildman–Crippen LogP) is -5.45. The number of fused-ring (bicyclic) bond motifs is 10. The molecule has 16 N–H and O–H groups in total. The molecule has 0 spiro atoms. The lowest BCUT2D eigenvalue weighted by Crippen LogP contribution is -2.70. The molecule has 0 amide bonds. The molecule has 2 bridgehead atoms. The molecule has 0 radical (unpaired) electrons. The van der Waals surface area contributed by atoms with Gasteiger partial charge in [0.15, 0.2) is 31.3 Å². The minimum absolute atomic E-state index is 0.0804. The van der Waals surface area contributed by atoms with Crippen molar-refractivity contribution in [3.05, 3.63) is 11.6 Å². The van der Waals surface area contributed by atoms with Crippen molar-refractivity contribution < 1.29 is 143 Å². The number of esters is 2. The van der Waals surface area contributed by atoms with Gasteiger partial charge in [0.05, 0.1) is 45.2 Å². The molecule has 11 aliphatic rings. The largest absolute Gasteiger partial charge is 0.459 e. The summed E-state index contributed by atoms with van der Waals surface area (Å²) >= 11 is 0. The number of allylic oxidation sites excluding steroid dienone is 2. The summed E-state index contributed by atoms with van der Waals surface area (Å²) < 4.78 is 64.9. The van der Waals surface area contributed by atoms with Gasteiger partial charge in [-0.05, 0) is 97.7 Å². The van der Waals surface area contributed by atoms with Gasteiger partial charge < -0.3 is 134 Å². The Kier molecular flexibility index (Phi) is 18.2. The van der Waals surface area contributed by atoms with Crippen LogP contribution in [0.4, 0.5) is 0 Å². The van der Waals surface area contributed by atoms with Crippen molar-refractivity contribution >= 4 is 11.9 Å². The minimum Gasteiger partial charge on any atom is -0.459 e. The zero-order valence-corrected chi connectivity index (χ0v) is 49.5. The Hall–Kier alpha value is -2.32. The van der Waals surface area contributed by atoms with Crippen LogP contribution in [-0.4, -0.2) is 286 Å². The summed E-state index contributed by atoms with van der Waals surface area (Å²) in [5.74, 6) is -3.05. The van der Waals surface area contributed by atoms with E-state index in [1.807, 2.05) is 0 Å². The first kappa shape index (κ1) is 66.1. The Bertz CT molecular complexity index is 2530. The molecular weight excluding hydrogens is 1160 g/mol. The first-order valence-corrected chi connectivity index (χ1v) is 30.5. The van der Waals surface area contributed by atoms with Crippen molar-refractivity contribution in [1.29, 1.82) is 0 Å². The second-order valence-corrected chi connectivity index (χ2v) is 28.2. The van der Waals surface area contributed by atoms with E-state index in [0.717, 1.165) is 5.57 Å². The third-order valence-electron chi connectivity index (χ3n) is 23.0. The molecular formula is C58H90O29. The Morgan fingerprint density at radius 1 is 0.609 bits per heavy atom. The number of ether oxygens (including phenoxy) is 11. The van der Waals surface area contributed by atoms with Crippen LogP contribution in [0.3, 0.4) is 0 Å². The Morgan fingerprint density at radius 2 is 1.21 bits per heavy atom. The summed E-state index contributed by atoms with van der Waals surface area (Å²) in [5, 5.41) is 175. The fourth-order valence-corrected chi connectivity index (χ4v) is 17.8. The molecule has 11 rings (SSSR count). The Labute approximate surface area is 501 Å². The predicted molar refractivity (Wildman–Crippen MR) is 284 cm³/mol. The molecule has 29 nitrogen and oxygen atoms in total. The zero-order chi connectivity index (χ0) is 63.2. The van der Waals surface area contributed by atoms with Gasteiger partial charge in [0.1, 0.15) is 121 Å². The van der Waals surface area contributed by atoms with E-state index in [9.17, 15) is 86.5 Å². The highest BCUT2D eigenvalue weighted by atomic mass is 16.8. The number of carbonyl (C=O) groups excluding carboxylic acids is 2. The van der Waals surface area contributed by atoms with E-state index < -0.39 is 244 Å². The monoisotopic (exact) mass is 1250 g/mol. The average Bonchev–Trinajstić information content (AvgIpc) is 1.63. The van der Waals surface area contributed by atoms with Gasteiger partial charge >= 0.3 is 11.9 Å². The number of carbonyl (C=O) groups is 2. The number of rotatable bonds is 13. The summed E-state index contributed by atoms with van der Waals surface area (Å²) in [4.78, 5) is 29.9. The quantitative estimate of drug-likeness (QED) is 0.0465. The van der Waals surface area contributed by atoms with Gasteiger partial charge in [0.2, 0.25) is 6.29 Å². The summed E-state index contributed by atoms with van der Waals surface area (Å²) in [7, 11) is 0. The standard InChI is InChI=1S/C58H90O29/c1-21-43(84-47-39(71)32(64)24(61)17-77-47)38(70)42(74)48(80-21)85-44-33(65)25(62)18-78-50(44)87-51(75)57-12-11-53(2,3)13-23(57)22-7-8-29-54(4)14-26-45(58(20-60,52(76)83-26)30(54)9-10-55(29,5)56(22,6)15-31(57)63)86-49-41(73)37(69)35(67)28(82-49)19-79-46-40(72)36(68)34(66)27(16-59)81-46/h7,21,23-50,59-74H,8-20H2,1-6H3/t21-,23-,24+,25-,26-,27+,28+,29-,30+,31+,32-,33-,34+,35+,36-,37-,38-,39+,40+,41+,42+,43-,44+,45-,46+,47-,48-,49-,50-,54+,55+,56+,57+,58+/m0/s1. The molecule has 496 valence electrons. The fourth-order valence-electron chi connectivity index (χ4n) is 17.8. The Balaban J connectivity index is 0.821. The molecule has 6 heterocycles. The molecule has 10 fully saturated rings. The molecule has 0 aromatic rings. The molecule has 87 heavy (non-hydrogen) atoms. The third-order valence-corrected chi connectivity index (χ3v) is 23.0. The molecule has 34 atom stereocenters. The van der Waals surface area contributed by atoms with Crippen LogP contribution in [-0.2, 0) is 61.7 Å². The minimum atomic E-state index is -1.93. The first-order valence-electron chi connectivity index (χ1n) is 30.5. The number of hydrogen-bond acceptors (Lipinski definition) is 29. The van der Waals surface area contributed by atoms with E-state index in [2.05, 4.69) is 40.7 Å². The van der Waals surface area contributed by atoms with Crippen LogP contribution in [0.2, 0.25) is 0 Å². The molecule has 6 aliphatic heterocycles. The summed E-state index contributed by atoms with van der Waals surface area (Å²) in [5.41, 5.74) is -4.94. The van der Waals surface area contributed by atoms with Gasteiger partial charge in [-0.1, -0.05) is 46.3 Å². The van der Waals surface area contributed by atoms with Crippen LogP contribution >= 0.6 is 0 Å². The molecule has 0 aromatic heterocycles. The van der Waals surface area contributed by atoms with Gasteiger partial charge in [0, 0.05) is 0 Å². The van der Waals surface area contributed by atoms with Gasteiger partial charge in [-0.15, -0.1) is 0 Å². The highest BCUT2D eigenvalue weighted by Crippen LogP contribution is 2.77. The number of hydrogen-bond donors (Lipinski definition) is 16. The van der Waals surface area contributed by atoms with E-state index in [0.29, 0.717) is 32.1 Å². The van der Waals surface area contributed by atoms with Crippen molar-refractivity contribution in [2.24, 2.45) is 50.2 Å². The SMILES string of the molecule is C[C@@H]1O[C@@H](O[C@H]2[C@H](OC(=O)[C@]34CCC(C)(C)C[C@H]3C3=CC[C@H]5[C@@]6(C)C[C@@H]7OC(=O)[C@](CO)([C@@H]6CC[C@@]5(C)[C@]3(C)C[C@H]4O)[C@H]7O[C@@H]3O[C@H](CO[C@@H]4O[C@H](CO)[C@@H](O)[C@H](O)[C@H]4O)[C@@H](O)[C@H](O)[C@H]3O)OC[C@H](O)[C@@H]2O)[C@H](O)[C@H](O)[C@H]1O[C@@H]1OC[C@@H](O)[C@H](O)[C@H]1O. The summed E-state index contributed by atoms with van der Waals surface area (Å²) in [6.45, 7) is 8.92. The molecule has 4 saturated carbocycles. The van der Waals surface area contributed by atoms with Crippen LogP contribution in [0.1, 0.15) is 92.9 Å². The second-order valence-electron chi connectivity index (χ2n) is 28.2. The molecule has 6 saturated heterocycles. The number of aliphatic hydroxyl groups is 16. The van der Waals surface area contributed by atoms with Gasteiger partial charge in [-0.3, -0.25) is 9.59 Å². The molecule has 5 aliphatic carbocycles. The highest BCUT2D eigenvalue weighted by Gasteiger charge is 2.77. The van der Waals surface area contributed by atoms with E-state index >= 15 is 4.79 Å². The van der Waals surface area contributed by atoms with E-state index in [4.69, 9.17) is 52.1 Å². The van der Waals surface area contributed by atoms with Crippen LogP contribution < -0.4 is 0 Å². The lowest BCUT2D eigenvalue weighted by molar-refractivity contribution is -0.369. The van der Waals surface area contributed by atoms with Crippen LogP contribution in [0.15, 0.2) is 11.6 Å². The maximum absolute atomic E-state index is 15.4. The maximum Gasteiger partial charge on any atom is 0.317 e. The number of aliphatic hydroxyl groups excluding tert-OH is 16. The third kappa shape index (κ3) is 10.4. The van der Waals surface area contributed by atoms with Crippen molar-refractivity contribution in [2.45, 2.75) is 253 Å². The summed E-state index contributed by atoms with van der Waals surface area (Å²) in [6.07, 6.45) is -37.1. The topological polar surface area (TPSA) is 459 Å². The van der Waals surface area contributed by atoms with E-state index in [1.54, 1.807) is 0 Å². The summed E-state index contributed by atoms with van der Waals surface area (Å²) in [6, 6.07) is 0. The van der Waals surface area contributed by atoms with Crippen LogP contribution in [0, 0.1) is 50.2 Å². The highest BCUT2D eigenvalue weighted by molar-refractivity contribution is 5.82. The van der Waals surface area contributed by atoms with Crippen molar-refractivity contribution in [2.75, 3.05) is 33.0 Å². The van der Waals surface area contributed by atoms with Gasteiger partial charge in [-0.2, -0.15) is 0 Å². The van der Waals surface area contributed by atoms with Crippen molar-refractivity contribution in [3.63, 3.8) is 0 Å². The van der Waals surface area contributed by atoms with Crippen LogP contribution in [0.5, 0.6) is 0 Å². The van der Waals surface area contributed by atoms with E-state index in [1.165, 1.54) is 6.92 Å². The lowest BCUT2D eigenvalue weighted by Gasteiger charge is -2.71. The zero-order valence-electron chi connectivity index (χ0n) is 49.5. The lowest BCUT2D eigenvalue weighted by atomic mass is 9.33. The molecule has 0 unspecified atom stereocenters. The van der Waals surface area contributed by atoms with E-state index in [-0.39, 0.29) is 30.6 Å². The van der Waals surface area contributed by atoms with Crippen molar-refractivity contribution in [1.82, 2.24) is 0 Å². The fraction of sp³-hybridized carbons (Fsp3) is 0.931. The second kappa shape index (κ2) is 23.9. The normalized spacial score (nSPS) is 55.5. The molecule has 29 heteroatoms. The molecule has 0 aromatic carbocycles. The average molecular weight is 1250 g/mol. The maximum atomic E-state index is 15.4.